The number of halogens is 1. The summed E-state index contributed by atoms with van der Waals surface area (Å²) < 4.78 is 40.5. The highest BCUT2D eigenvalue weighted by Gasteiger charge is 2.28. The summed E-state index contributed by atoms with van der Waals surface area (Å²) in [6, 6.07) is 11.8. The second kappa shape index (κ2) is 7.66. The average molecular weight is 432 g/mol. The summed E-state index contributed by atoms with van der Waals surface area (Å²) in [5, 5.41) is 3.10. The summed E-state index contributed by atoms with van der Waals surface area (Å²) >= 11 is 1.30. The first-order chi connectivity index (χ1) is 13.8. The Morgan fingerprint density at radius 1 is 1.17 bits per heavy atom. The molecule has 0 unspecified atom stereocenters. The fourth-order valence-electron chi connectivity index (χ4n) is 2.79. The topological polar surface area (TPSA) is 88.2 Å². The van der Waals surface area contributed by atoms with E-state index in [0.717, 1.165) is 23.3 Å². The molecule has 0 saturated heterocycles. The van der Waals surface area contributed by atoms with Crippen molar-refractivity contribution in [3.63, 3.8) is 0 Å². The quantitative estimate of drug-likeness (QED) is 0.619. The SMILES string of the molecule is Cc1sc(NC(=O)c2cccc(S(=O)(=O)NC3CC3)c2)nc1-c1ccc(F)cc1. The van der Waals surface area contributed by atoms with Crippen molar-refractivity contribution in [3.8, 4) is 11.3 Å². The second-order valence-corrected chi connectivity index (χ2v) is 9.73. The molecule has 1 fully saturated rings. The van der Waals surface area contributed by atoms with Crippen molar-refractivity contribution in [2.45, 2.75) is 30.7 Å². The number of aromatic nitrogens is 1. The number of nitrogens with one attached hydrogen (secondary N) is 2. The number of carbonyl (C=O) groups is 1. The molecule has 0 aliphatic heterocycles. The van der Waals surface area contributed by atoms with Gasteiger partial charge in [0.05, 0.1) is 10.6 Å². The third kappa shape index (κ3) is 4.52. The third-order valence-corrected chi connectivity index (χ3v) is 6.84. The Hall–Kier alpha value is -2.62. The maximum absolute atomic E-state index is 13.1. The molecular formula is C20H18FN3O3S2. The van der Waals surface area contributed by atoms with Crippen molar-refractivity contribution in [3.05, 3.63) is 64.8 Å². The fraction of sp³-hybridized carbons (Fsp3) is 0.200. The minimum atomic E-state index is -3.64. The first kappa shape index (κ1) is 19.7. The van der Waals surface area contributed by atoms with Gasteiger partial charge >= 0.3 is 0 Å². The van der Waals surface area contributed by atoms with E-state index in [2.05, 4.69) is 15.0 Å². The van der Waals surface area contributed by atoms with Gasteiger partial charge in [0.1, 0.15) is 5.82 Å². The molecule has 0 atom stereocenters. The van der Waals surface area contributed by atoms with Gasteiger partial charge in [-0.25, -0.2) is 22.5 Å². The minimum Gasteiger partial charge on any atom is -0.298 e. The molecule has 3 aromatic rings. The van der Waals surface area contributed by atoms with Crippen LogP contribution in [0.25, 0.3) is 11.3 Å². The number of nitrogens with zero attached hydrogens (tertiary/aromatic N) is 1. The number of hydrogen-bond donors (Lipinski definition) is 2. The molecule has 6 nitrogen and oxygen atoms in total. The van der Waals surface area contributed by atoms with Gasteiger partial charge in [0.2, 0.25) is 10.0 Å². The standard InChI is InChI=1S/C20H18FN3O3S2/c1-12-18(13-5-7-15(21)8-6-13)22-20(28-12)23-19(25)14-3-2-4-17(11-14)29(26,27)24-16-9-10-16/h2-8,11,16,24H,9-10H2,1H3,(H,22,23,25). The fourth-order valence-corrected chi connectivity index (χ4v) is 4.97. The van der Waals surface area contributed by atoms with Crippen molar-refractivity contribution < 1.29 is 17.6 Å². The second-order valence-electron chi connectivity index (χ2n) is 6.81. The monoisotopic (exact) mass is 431 g/mol. The highest BCUT2D eigenvalue weighted by atomic mass is 32.2. The predicted molar refractivity (Wildman–Crippen MR) is 110 cm³/mol. The van der Waals surface area contributed by atoms with Gasteiger partial charge in [-0.05, 0) is 62.2 Å². The van der Waals surface area contributed by atoms with Crippen LogP contribution in [-0.2, 0) is 10.0 Å². The molecule has 4 rings (SSSR count). The third-order valence-electron chi connectivity index (χ3n) is 4.44. The maximum Gasteiger partial charge on any atom is 0.257 e. The molecule has 0 radical (unpaired) electrons. The Morgan fingerprint density at radius 2 is 1.90 bits per heavy atom. The lowest BCUT2D eigenvalue weighted by molar-refractivity contribution is 0.102. The van der Waals surface area contributed by atoms with E-state index in [1.54, 1.807) is 18.2 Å². The van der Waals surface area contributed by atoms with Crippen LogP contribution < -0.4 is 10.0 Å². The molecule has 9 heteroatoms. The van der Waals surface area contributed by atoms with E-state index in [0.29, 0.717) is 10.8 Å². The Labute approximate surface area is 171 Å². The summed E-state index contributed by atoms with van der Waals surface area (Å²) in [6.07, 6.45) is 1.67. The number of aryl methyl sites for hydroxylation is 1. The van der Waals surface area contributed by atoms with Crippen molar-refractivity contribution in [1.82, 2.24) is 9.71 Å². The number of rotatable bonds is 6. The van der Waals surface area contributed by atoms with Gasteiger partial charge in [-0.1, -0.05) is 6.07 Å². The van der Waals surface area contributed by atoms with Crippen LogP contribution in [0, 0.1) is 12.7 Å². The molecule has 1 saturated carbocycles. The van der Waals surface area contributed by atoms with E-state index in [-0.39, 0.29) is 22.3 Å². The van der Waals surface area contributed by atoms with Crippen LogP contribution in [0.15, 0.2) is 53.4 Å². The molecule has 0 bridgehead atoms. The average Bonchev–Trinajstić information content (AvgIpc) is 3.42. The van der Waals surface area contributed by atoms with Gasteiger partial charge in [-0.3, -0.25) is 10.1 Å². The van der Waals surface area contributed by atoms with Crippen LogP contribution in [0.2, 0.25) is 0 Å². The highest BCUT2D eigenvalue weighted by molar-refractivity contribution is 7.89. The molecule has 0 spiro atoms. The van der Waals surface area contributed by atoms with E-state index >= 15 is 0 Å². The van der Waals surface area contributed by atoms with Crippen LogP contribution >= 0.6 is 11.3 Å². The predicted octanol–water partition coefficient (Wildman–Crippen LogP) is 3.95. The molecule has 1 heterocycles. The van der Waals surface area contributed by atoms with Gasteiger partial charge in [0.25, 0.3) is 5.91 Å². The smallest absolute Gasteiger partial charge is 0.257 e. The first-order valence-corrected chi connectivity index (χ1v) is 11.3. The van der Waals surface area contributed by atoms with Gasteiger partial charge in [0.15, 0.2) is 5.13 Å². The van der Waals surface area contributed by atoms with E-state index in [1.807, 2.05) is 6.92 Å². The number of amides is 1. The molecule has 29 heavy (non-hydrogen) atoms. The van der Waals surface area contributed by atoms with Crippen LogP contribution in [0.4, 0.5) is 9.52 Å². The molecular weight excluding hydrogens is 413 g/mol. The zero-order valence-corrected chi connectivity index (χ0v) is 17.1. The summed E-state index contributed by atoms with van der Waals surface area (Å²) in [4.78, 5) is 18.0. The maximum atomic E-state index is 13.1. The lowest BCUT2D eigenvalue weighted by atomic mass is 10.1. The van der Waals surface area contributed by atoms with Crippen molar-refractivity contribution in [2.75, 3.05) is 5.32 Å². The summed E-state index contributed by atoms with van der Waals surface area (Å²) in [5.41, 5.74) is 1.63. The van der Waals surface area contributed by atoms with Crippen molar-refractivity contribution >= 4 is 32.4 Å². The molecule has 150 valence electrons. The summed E-state index contributed by atoms with van der Waals surface area (Å²) in [7, 11) is -3.64. The summed E-state index contributed by atoms with van der Waals surface area (Å²) in [6.45, 7) is 1.86. The van der Waals surface area contributed by atoms with E-state index in [9.17, 15) is 17.6 Å². The summed E-state index contributed by atoms with van der Waals surface area (Å²) in [5.74, 6) is -0.783. The lowest BCUT2D eigenvalue weighted by Crippen LogP contribution is -2.26. The van der Waals surface area contributed by atoms with Gasteiger partial charge < -0.3 is 0 Å². The number of benzene rings is 2. The van der Waals surface area contributed by atoms with Crippen LogP contribution in [-0.4, -0.2) is 25.4 Å². The van der Waals surface area contributed by atoms with E-state index in [1.165, 1.54) is 41.7 Å². The van der Waals surface area contributed by atoms with Crippen LogP contribution in [0.3, 0.4) is 0 Å². The van der Waals surface area contributed by atoms with Crippen molar-refractivity contribution in [2.24, 2.45) is 0 Å². The molecule has 1 aliphatic carbocycles. The Kier molecular flexibility index (Phi) is 5.20. The largest absolute Gasteiger partial charge is 0.298 e. The van der Waals surface area contributed by atoms with Crippen molar-refractivity contribution in [1.29, 1.82) is 0 Å². The molecule has 1 aromatic heterocycles. The number of carbonyl (C=O) groups excluding carboxylic acids is 1. The highest BCUT2D eigenvalue weighted by Crippen LogP contribution is 2.31. The van der Waals surface area contributed by atoms with Crippen LogP contribution in [0.5, 0.6) is 0 Å². The zero-order chi connectivity index (χ0) is 20.6. The van der Waals surface area contributed by atoms with Gasteiger partial charge in [-0.15, -0.1) is 11.3 Å². The number of thiazole rings is 1. The van der Waals surface area contributed by atoms with E-state index < -0.39 is 15.9 Å². The Bertz CT molecular complexity index is 1170. The minimum absolute atomic E-state index is 0.0133. The van der Waals surface area contributed by atoms with E-state index in [4.69, 9.17) is 0 Å². The van der Waals surface area contributed by atoms with Crippen LogP contribution in [0.1, 0.15) is 28.1 Å². The molecule has 2 N–H and O–H groups in total. The van der Waals surface area contributed by atoms with Gasteiger partial charge in [-0.2, -0.15) is 0 Å². The lowest BCUT2D eigenvalue weighted by Gasteiger charge is -2.07. The zero-order valence-electron chi connectivity index (χ0n) is 15.5. The van der Waals surface area contributed by atoms with Gasteiger partial charge in [0, 0.05) is 22.0 Å². The molecule has 1 aliphatic rings. The number of anilines is 1. The number of hydrogen-bond acceptors (Lipinski definition) is 5. The Balaban J connectivity index is 1.53. The normalized spacial score (nSPS) is 14.0. The number of sulfonamides is 1. The molecule has 2 aromatic carbocycles. The Morgan fingerprint density at radius 3 is 2.59 bits per heavy atom. The molecule has 1 amide bonds. The first-order valence-electron chi connectivity index (χ1n) is 8.99.